The molecule has 0 aromatic carbocycles. The minimum absolute atomic E-state index is 0.576. The lowest BCUT2D eigenvalue weighted by Gasteiger charge is -2.17. The van der Waals surface area contributed by atoms with Crippen LogP contribution in [0.1, 0.15) is 42.9 Å². The van der Waals surface area contributed by atoms with E-state index in [9.17, 15) is 0 Å². The molecule has 0 saturated carbocycles. The zero-order chi connectivity index (χ0) is 10.7. The van der Waals surface area contributed by atoms with Crippen molar-refractivity contribution >= 4 is 0 Å². The summed E-state index contributed by atoms with van der Waals surface area (Å²) >= 11 is 0. The summed E-state index contributed by atoms with van der Waals surface area (Å²) < 4.78 is 5.22. The number of hydrogen-bond donors (Lipinski definition) is 0. The Morgan fingerprint density at radius 1 is 1.43 bits per heavy atom. The van der Waals surface area contributed by atoms with Crippen molar-refractivity contribution in [1.82, 2.24) is 4.98 Å². The van der Waals surface area contributed by atoms with Crippen molar-refractivity contribution in [1.29, 1.82) is 0 Å². The third-order valence-corrected chi connectivity index (χ3v) is 2.82. The van der Waals surface area contributed by atoms with Crippen LogP contribution in [-0.2, 0) is 0 Å². The van der Waals surface area contributed by atoms with Gasteiger partial charge >= 0.3 is 0 Å². The second-order valence-electron chi connectivity index (χ2n) is 3.80. The molecule has 2 nitrogen and oxygen atoms in total. The van der Waals surface area contributed by atoms with Crippen LogP contribution in [0.25, 0.3) is 0 Å². The first kappa shape index (κ1) is 11.0. The molecule has 0 fully saturated rings. The highest BCUT2D eigenvalue weighted by Gasteiger charge is 2.13. The zero-order valence-corrected chi connectivity index (χ0v) is 9.72. The molecule has 0 spiro atoms. The summed E-state index contributed by atoms with van der Waals surface area (Å²) in [7, 11) is 1.67. The summed E-state index contributed by atoms with van der Waals surface area (Å²) in [6.07, 6.45) is 3.04. The normalized spacial score (nSPS) is 12.6. The van der Waals surface area contributed by atoms with E-state index in [0.29, 0.717) is 5.92 Å². The van der Waals surface area contributed by atoms with Crippen molar-refractivity contribution in [2.75, 3.05) is 7.11 Å². The maximum Gasteiger partial charge on any atom is 0.216 e. The molecule has 0 radical (unpaired) electrons. The van der Waals surface area contributed by atoms with Gasteiger partial charge in [0.2, 0.25) is 5.88 Å². The van der Waals surface area contributed by atoms with Crippen molar-refractivity contribution < 1.29 is 4.74 Å². The van der Waals surface area contributed by atoms with E-state index in [1.807, 2.05) is 6.20 Å². The topological polar surface area (TPSA) is 22.1 Å². The molecule has 1 heterocycles. The molecule has 0 aliphatic heterocycles. The van der Waals surface area contributed by atoms with E-state index in [4.69, 9.17) is 4.74 Å². The Morgan fingerprint density at radius 3 is 2.57 bits per heavy atom. The van der Waals surface area contributed by atoms with Crippen LogP contribution in [0, 0.1) is 13.8 Å². The minimum Gasteiger partial charge on any atom is -0.481 e. The van der Waals surface area contributed by atoms with Gasteiger partial charge in [0, 0.05) is 11.8 Å². The molecule has 14 heavy (non-hydrogen) atoms. The Morgan fingerprint density at radius 2 is 2.07 bits per heavy atom. The third kappa shape index (κ3) is 1.89. The fourth-order valence-corrected chi connectivity index (χ4v) is 1.90. The lowest BCUT2D eigenvalue weighted by atomic mass is 9.92. The first-order valence-corrected chi connectivity index (χ1v) is 5.11. The van der Waals surface area contributed by atoms with E-state index in [1.165, 1.54) is 16.7 Å². The smallest absolute Gasteiger partial charge is 0.216 e. The molecule has 78 valence electrons. The number of aromatic nitrogens is 1. The number of ether oxygens (including phenoxy) is 1. The van der Waals surface area contributed by atoms with Crippen molar-refractivity contribution in [3.05, 3.63) is 22.9 Å². The van der Waals surface area contributed by atoms with Gasteiger partial charge in [-0.05, 0) is 37.3 Å². The van der Waals surface area contributed by atoms with Gasteiger partial charge in [-0.3, -0.25) is 0 Å². The quantitative estimate of drug-likeness (QED) is 0.735. The summed E-state index contributed by atoms with van der Waals surface area (Å²) in [5, 5.41) is 0. The molecule has 1 rings (SSSR count). The molecule has 0 aliphatic rings. The molecule has 1 unspecified atom stereocenters. The molecule has 0 aliphatic carbocycles. The highest BCUT2D eigenvalue weighted by Crippen LogP contribution is 2.29. The average molecular weight is 193 g/mol. The number of rotatable bonds is 3. The van der Waals surface area contributed by atoms with E-state index in [2.05, 4.69) is 32.7 Å². The summed E-state index contributed by atoms with van der Waals surface area (Å²) in [6, 6.07) is 0. The van der Waals surface area contributed by atoms with Gasteiger partial charge < -0.3 is 4.74 Å². The van der Waals surface area contributed by atoms with Gasteiger partial charge in [-0.1, -0.05) is 13.8 Å². The summed E-state index contributed by atoms with van der Waals surface area (Å²) in [6.45, 7) is 8.65. The molecule has 0 N–H and O–H groups in total. The predicted octanol–water partition coefficient (Wildman–Crippen LogP) is 3.22. The van der Waals surface area contributed by atoms with Gasteiger partial charge in [-0.15, -0.1) is 0 Å². The van der Waals surface area contributed by atoms with Crippen LogP contribution in [0.3, 0.4) is 0 Å². The third-order valence-electron chi connectivity index (χ3n) is 2.82. The second-order valence-corrected chi connectivity index (χ2v) is 3.80. The zero-order valence-electron chi connectivity index (χ0n) is 9.72. The molecule has 1 aromatic heterocycles. The SMILES string of the molecule is CCC(C)c1c(C)cnc(OC)c1C. The van der Waals surface area contributed by atoms with Gasteiger partial charge in [0.15, 0.2) is 0 Å². The van der Waals surface area contributed by atoms with Crippen LogP contribution >= 0.6 is 0 Å². The van der Waals surface area contributed by atoms with Gasteiger partial charge in [0.25, 0.3) is 0 Å². The average Bonchev–Trinajstić information content (AvgIpc) is 2.18. The van der Waals surface area contributed by atoms with Crippen LogP contribution in [0.15, 0.2) is 6.20 Å². The molecule has 0 bridgehead atoms. The Kier molecular flexibility index (Phi) is 3.50. The molecule has 0 amide bonds. The van der Waals surface area contributed by atoms with Crippen LogP contribution in [-0.4, -0.2) is 12.1 Å². The summed E-state index contributed by atoms with van der Waals surface area (Å²) in [5.41, 5.74) is 3.83. The number of hydrogen-bond acceptors (Lipinski definition) is 2. The van der Waals surface area contributed by atoms with Crippen molar-refractivity contribution in [3.63, 3.8) is 0 Å². The van der Waals surface area contributed by atoms with E-state index in [0.717, 1.165) is 12.3 Å². The maximum atomic E-state index is 5.22. The van der Waals surface area contributed by atoms with Crippen molar-refractivity contribution in [3.8, 4) is 5.88 Å². The van der Waals surface area contributed by atoms with E-state index in [1.54, 1.807) is 7.11 Å². The Hall–Kier alpha value is -1.05. The lowest BCUT2D eigenvalue weighted by molar-refractivity contribution is 0.393. The Balaban J connectivity index is 3.25. The standard InChI is InChI=1S/C12H19NO/c1-6-8(2)11-9(3)7-13-12(14-5)10(11)4/h7-8H,6H2,1-5H3. The number of methoxy groups -OCH3 is 1. The lowest BCUT2D eigenvalue weighted by Crippen LogP contribution is -2.02. The molecular weight excluding hydrogens is 174 g/mol. The number of aryl methyl sites for hydroxylation is 1. The van der Waals surface area contributed by atoms with Gasteiger partial charge in [0.1, 0.15) is 0 Å². The van der Waals surface area contributed by atoms with Gasteiger partial charge in [-0.25, -0.2) is 4.98 Å². The summed E-state index contributed by atoms with van der Waals surface area (Å²) in [4.78, 5) is 4.25. The minimum atomic E-state index is 0.576. The summed E-state index contributed by atoms with van der Waals surface area (Å²) in [5.74, 6) is 1.33. The van der Waals surface area contributed by atoms with E-state index >= 15 is 0 Å². The van der Waals surface area contributed by atoms with Crippen LogP contribution in [0.2, 0.25) is 0 Å². The molecular formula is C12H19NO. The van der Waals surface area contributed by atoms with E-state index in [-0.39, 0.29) is 0 Å². The van der Waals surface area contributed by atoms with Crippen LogP contribution in [0.5, 0.6) is 5.88 Å². The largest absolute Gasteiger partial charge is 0.481 e. The fraction of sp³-hybridized carbons (Fsp3) is 0.583. The monoisotopic (exact) mass is 193 g/mol. The van der Waals surface area contributed by atoms with Crippen molar-refractivity contribution in [2.24, 2.45) is 0 Å². The van der Waals surface area contributed by atoms with Crippen LogP contribution < -0.4 is 4.74 Å². The maximum absolute atomic E-state index is 5.22. The molecule has 1 aromatic rings. The molecule has 1 atom stereocenters. The predicted molar refractivity (Wildman–Crippen MR) is 59.0 cm³/mol. The first-order chi connectivity index (χ1) is 6.61. The number of nitrogens with zero attached hydrogens (tertiary/aromatic N) is 1. The molecule has 2 heteroatoms. The Bertz CT molecular complexity index is 320. The van der Waals surface area contributed by atoms with Crippen LogP contribution in [0.4, 0.5) is 0 Å². The Labute approximate surface area is 86.3 Å². The van der Waals surface area contributed by atoms with E-state index < -0.39 is 0 Å². The van der Waals surface area contributed by atoms with Gasteiger partial charge in [0.05, 0.1) is 7.11 Å². The second kappa shape index (κ2) is 4.45. The number of pyridine rings is 1. The fourth-order valence-electron chi connectivity index (χ4n) is 1.90. The highest BCUT2D eigenvalue weighted by atomic mass is 16.5. The van der Waals surface area contributed by atoms with Gasteiger partial charge in [-0.2, -0.15) is 0 Å². The highest BCUT2D eigenvalue weighted by molar-refractivity contribution is 5.40. The first-order valence-electron chi connectivity index (χ1n) is 5.11. The molecule has 0 saturated heterocycles. The van der Waals surface area contributed by atoms with Crippen molar-refractivity contribution in [2.45, 2.75) is 40.0 Å².